The number of fused-ring (bicyclic) bond motifs is 4. The van der Waals surface area contributed by atoms with Crippen molar-refractivity contribution in [2.45, 2.75) is 83.7 Å². The molecule has 1 aromatic carbocycles. The van der Waals surface area contributed by atoms with E-state index in [2.05, 4.69) is 37.4 Å². The number of aryl methyl sites for hydroxylation is 1. The van der Waals surface area contributed by atoms with Gasteiger partial charge in [0.25, 0.3) is 0 Å². The SMILES string of the molecule is Cc1cc2c(nc(O[C@@H](C)[C@@H]3CCCN3C)c3c(=O)ccn([C@H]4[C@@H]5C[C@H]4N(C(=O)OC(C)(C)C)C5)c32)c(F)c1Br. The molecule has 0 N–H and O–H groups in total. The Morgan fingerprint density at radius 1 is 1.30 bits per heavy atom. The Labute approximate surface area is 241 Å². The second-order valence-electron chi connectivity index (χ2n) is 12.6. The quantitative estimate of drug-likeness (QED) is 0.346. The van der Waals surface area contributed by atoms with Gasteiger partial charge in [0, 0.05) is 36.2 Å². The van der Waals surface area contributed by atoms with Gasteiger partial charge in [0.2, 0.25) is 5.88 Å². The van der Waals surface area contributed by atoms with E-state index in [0.29, 0.717) is 32.9 Å². The molecule has 214 valence electrons. The van der Waals surface area contributed by atoms with Crippen molar-refractivity contribution in [2.24, 2.45) is 5.92 Å². The molecule has 1 aliphatic carbocycles. The van der Waals surface area contributed by atoms with Crippen molar-refractivity contribution in [3.05, 3.63) is 44.4 Å². The highest BCUT2D eigenvalue weighted by molar-refractivity contribution is 9.10. The Morgan fingerprint density at radius 3 is 2.73 bits per heavy atom. The summed E-state index contributed by atoms with van der Waals surface area (Å²) in [7, 11) is 2.07. The molecule has 3 aromatic rings. The van der Waals surface area contributed by atoms with E-state index in [9.17, 15) is 9.59 Å². The second kappa shape index (κ2) is 9.69. The lowest BCUT2D eigenvalue weighted by Crippen LogP contribution is -2.44. The topological polar surface area (TPSA) is 76.9 Å². The van der Waals surface area contributed by atoms with Gasteiger partial charge in [-0.25, -0.2) is 14.2 Å². The van der Waals surface area contributed by atoms with Gasteiger partial charge < -0.3 is 18.9 Å². The monoisotopic (exact) mass is 614 g/mol. The molecule has 4 aliphatic rings. The number of likely N-dealkylation sites (tertiary alicyclic amines) is 1. The Hall–Kier alpha value is -2.72. The van der Waals surface area contributed by atoms with Gasteiger partial charge in [0.05, 0.1) is 22.1 Å². The summed E-state index contributed by atoms with van der Waals surface area (Å²) < 4.78 is 30.3. The molecule has 0 unspecified atom stereocenters. The van der Waals surface area contributed by atoms with Crippen LogP contribution in [0.4, 0.5) is 9.18 Å². The number of ether oxygens (including phenoxy) is 2. The molecule has 40 heavy (non-hydrogen) atoms. The molecule has 1 amide bonds. The number of halogens is 2. The van der Waals surface area contributed by atoms with Crippen LogP contribution in [-0.4, -0.2) is 69.4 Å². The third-order valence-corrected chi connectivity index (χ3v) is 9.77. The van der Waals surface area contributed by atoms with Crippen molar-refractivity contribution in [1.29, 1.82) is 0 Å². The first kappa shape index (κ1) is 27.4. The van der Waals surface area contributed by atoms with Crippen LogP contribution in [0.1, 0.15) is 58.6 Å². The number of benzene rings is 1. The van der Waals surface area contributed by atoms with Crippen molar-refractivity contribution < 1.29 is 18.7 Å². The Morgan fingerprint density at radius 2 is 2.05 bits per heavy atom. The highest BCUT2D eigenvalue weighted by Crippen LogP contribution is 2.51. The number of nitrogens with zero attached hydrogens (tertiary/aromatic N) is 4. The highest BCUT2D eigenvalue weighted by Gasteiger charge is 2.55. The zero-order valence-corrected chi connectivity index (χ0v) is 25.4. The average molecular weight is 616 g/mol. The number of likely N-dealkylation sites (N-methyl/N-ethyl adjacent to an activating group) is 1. The minimum Gasteiger partial charge on any atom is -0.472 e. The van der Waals surface area contributed by atoms with E-state index in [1.54, 1.807) is 11.1 Å². The first-order valence-corrected chi connectivity index (χ1v) is 14.8. The van der Waals surface area contributed by atoms with E-state index in [1.165, 1.54) is 6.07 Å². The van der Waals surface area contributed by atoms with E-state index in [1.807, 2.05) is 40.7 Å². The minimum atomic E-state index is -0.593. The molecule has 8 nitrogen and oxygen atoms in total. The lowest BCUT2D eigenvalue weighted by atomic mass is 9.79. The predicted octanol–water partition coefficient (Wildman–Crippen LogP) is 5.80. The number of carbonyl (C=O) groups is 1. The summed E-state index contributed by atoms with van der Waals surface area (Å²) in [6, 6.07) is 3.44. The maximum absolute atomic E-state index is 15.8. The molecular formula is C30H36BrFN4O4. The van der Waals surface area contributed by atoms with Gasteiger partial charge in [0.1, 0.15) is 22.6 Å². The summed E-state index contributed by atoms with van der Waals surface area (Å²) in [6.07, 6.45) is 4.12. The summed E-state index contributed by atoms with van der Waals surface area (Å²) in [5.74, 6) is -0.134. The molecule has 10 heteroatoms. The van der Waals surface area contributed by atoms with Crippen molar-refractivity contribution in [1.82, 2.24) is 19.4 Å². The fourth-order valence-electron chi connectivity index (χ4n) is 6.87. The van der Waals surface area contributed by atoms with Crippen LogP contribution in [0.2, 0.25) is 0 Å². The highest BCUT2D eigenvalue weighted by atomic mass is 79.9. The second-order valence-corrected chi connectivity index (χ2v) is 13.4. The summed E-state index contributed by atoms with van der Waals surface area (Å²) in [5.41, 5.74) is 0.642. The van der Waals surface area contributed by atoms with Crippen molar-refractivity contribution in [3.63, 3.8) is 0 Å². The summed E-state index contributed by atoms with van der Waals surface area (Å²) in [6.45, 7) is 10.9. The van der Waals surface area contributed by atoms with E-state index in [0.717, 1.165) is 25.8 Å². The van der Waals surface area contributed by atoms with Crippen molar-refractivity contribution in [2.75, 3.05) is 20.1 Å². The van der Waals surface area contributed by atoms with Gasteiger partial charge in [-0.3, -0.25) is 9.69 Å². The fourth-order valence-corrected chi connectivity index (χ4v) is 7.18. The van der Waals surface area contributed by atoms with E-state index < -0.39 is 11.4 Å². The first-order valence-electron chi connectivity index (χ1n) is 14.1. The summed E-state index contributed by atoms with van der Waals surface area (Å²) >= 11 is 3.38. The molecule has 0 spiro atoms. The Kier molecular flexibility index (Phi) is 6.65. The number of carbonyl (C=O) groups excluding carboxylic acids is 1. The van der Waals surface area contributed by atoms with E-state index in [-0.39, 0.29) is 53.1 Å². The van der Waals surface area contributed by atoms with E-state index >= 15 is 4.39 Å². The molecule has 2 aromatic heterocycles. The maximum atomic E-state index is 15.8. The predicted molar refractivity (Wildman–Crippen MR) is 156 cm³/mol. The first-order chi connectivity index (χ1) is 18.9. The molecule has 5 heterocycles. The number of rotatable bonds is 4. The zero-order valence-electron chi connectivity index (χ0n) is 23.8. The van der Waals surface area contributed by atoms with Gasteiger partial charge in [-0.1, -0.05) is 0 Å². The third-order valence-electron chi connectivity index (χ3n) is 8.79. The zero-order chi connectivity index (χ0) is 28.7. The molecular weight excluding hydrogens is 579 g/mol. The van der Waals surface area contributed by atoms with Gasteiger partial charge in [-0.2, -0.15) is 0 Å². The van der Waals surface area contributed by atoms with Crippen LogP contribution in [0.5, 0.6) is 5.88 Å². The standard InChI is InChI=1S/C30H36BrFN4O4/c1-15-12-18-25(24(32)23(15)31)33-28(39-16(2)19-8-7-10-34(19)6)22-21(37)9-11-35(27(18)22)26-17-13-20(26)36(14-17)29(38)40-30(3,4)5/h9,11-12,16-17,19-20,26H,7-8,10,13-14H2,1-6H3/t16-,17+,19-,20+,26-/m0/s1. The number of hydrogen-bond acceptors (Lipinski definition) is 6. The molecule has 4 fully saturated rings. The Bertz CT molecular complexity index is 1580. The molecule has 7 rings (SSSR count). The van der Waals surface area contributed by atoms with Crippen LogP contribution in [-0.2, 0) is 4.74 Å². The van der Waals surface area contributed by atoms with Crippen LogP contribution in [0.25, 0.3) is 21.8 Å². The molecule has 3 saturated heterocycles. The molecule has 0 radical (unpaired) electrons. The molecule has 3 aliphatic heterocycles. The number of amides is 1. The van der Waals surface area contributed by atoms with E-state index in [4.69, 9.17) is 9.47 Å². The van der Waals surface area contributed by atoms with Gasteiger partial charge in [-0.05, 0) is 95.0 Å². The van der Waals surface area contributed by atoms with Crippen LogP contribution < -0.4 is 10.2 Å². The van der Waals surface area contributed by atoms with Crippen LogP contribution >= 0.6 is 15.9 Å². The van der Waals surface area contributed by atoms with Crippen LogP contribution in [0.15, 0.2) is 27.6 Å². The number of aromatic nitrogens is 2. The average Bonchev–Trinajstić information content (AvgIpc) is 3.59. The molecule has 1 saturated carbocycles. The summed E-state index contributed by atoms with van der Waals surface area (Å²) in [4.78, 5) is 35.2. The largest absolute Gasteiger partial charge is 0.472 e. The number of pyridine rings is 2. The van der Waals surface area contributed by atoms with Gasteiger partial charge >= 0.3 is 6.09 Å². The molecule has 5 atom stereocenters. The van der Waals surface area contributed by atoms with Crippen LogP contribution in [0, 0.1) is 18.7 Å². The van der Waals surface area contributed by atoms with Crippen LogP contribution in [0.3, 0.4) is 0 Å². The normalized spacial score (nSPS) is 25.4. The van der Waals surface area contributed by atoms with Gasteiger partial charge in [0.15, 0.2) is 11.2 Å². The lowest BCUT2D eigenvalue weighted by Gasteiger charge is -2.39. The fraction of sp³-hybridized carbons (Fsp3) is 0.567. The molecule has 2 bridgehead atoms. The smallest absolute Gasteiger partial charge is 0.410 e. The van der Waals surface area contributed by atoms with Gasteiger partial charge in [-0.15, -0.1) is 0 Å². The van der Waals surface area contributed by atoms with Crippen molar-refractivity contribution in [3.8, 4) is 5.88 Å². The Balaban J connectivity index is 1.51. The number of hydrogen-bond donors (Lipinski definition) is 0. The lowest BCUT2D eigenvalue weighted by molar-refractivity contribution is 0.0210. The minimum absolute atomic E-state index is 0.0699. The third kappa shape index (κ3) is 4.38. The van der Waals surface area contributed by atoms with Crippen molar-refractivity contribution >= 4 is 43.8 Å². The maximum Gasteiger partial charge on any atom is 0.410 e. The summed E-state index contributed by atoms with van der Waals surface area (Å²) in [5, 5.41) is 0.901.